The molecule has 0 bridgehead atoms. The molecule has 6 nitrogen and oxygen atoms in total. The minimum Gasteiger partial charge on any atom is -0.478 e. The maximum absolute atomic E-state index is 10.4. The first-order valence-corrected chi connectivity index (χ1v) is 4.17. The molecule has 2 aromatic heterocycles. The number of aromatic amines is 1. The van der Waals surface area contributed by atoms with Crippen molar-refractivity contribution in [3.63, 3.8) is 0 Å². The fourth-order valence-corrected chi connectivity index (χ4v) is 1.30. The molecule has 0 aromatic carbocycles. The molecule has 0 fully saturated rings. The summed E-state index contributed by atoms with van der Waals surface area (Å²) in [5.74, 6) is -0.689. The molecule has 4 N–H and O–H groups in total. The zero-order valence-electron chi connectivity index (χ0n) is 7.64. The summed E-state index contributed by atoms with van der Waals surface area (Å²) in [5.41, 5.74) is 6.90. The number of nitrogens with one attached hydrogen (secondary N) is 1. The number of aliphatic carboxylic acids is 1. The summed E-state index contributed by atoms with van der Waals surface area (Å²) >= 11 is 0. The lowest BCUT2D eigenvalue weighted by molar-refractivity contribution is -0.131. The standard InChI is InChI=1S/C9H8N4O2/c10-8-7-5(1-2-6(14)15)3-11-9(7)13-4-12-8/h1-4H,(H,14,15)(H3,10,11,12,13). The number of carboxylic acids is 1. The van der Waals surface area contributed by atoms with Crippen molar-refractivity contribution in [3.8, 4) is 0 Å². The number of carboxylic acid groups (broad SMARTS) is 1. The van der Waals surface area contributed by atoms with Gasteiger partial charge in [0.25, 0.3) is 0 Å². The van der Waals surface area contributed by atoms with E-state index in [0.29, 0.717) is 22.4 Å². The summed E-state index contributed by atoms with van der Waals surface area (Å²) in [7, 11) is 0. The fraction of sp³-hybridized carbons (Fsp3) is 0. The molecular formula is C9H8N4O2. The van der Waals surface area contributed by atoms with Crippen molar-refractivity contribution in [2.45, 2.75) is 0 Å². The van der Waals surface area contributed by atoms with E-state index in [2.05, 4.69) is 15.0 Å². The topological polar surface area (TPSA) is 105 Å². The molecule has 2 heterocycles. The SMILES string of the molecule is Nc1ncnc2[nH]cc(C=CC(=O)O)c12. The molecular weight excluding hydrogens is 196 g/mol. The number of hydrogen-bond donors (Lipinski definition) is 3. The van der Waals surface area contributed by atoms with Gasteiger partial charge in [0.15, 0.2) is 0 Å². The third-order valence-electron chi connectivity index (χ3n) is 1.94. The van der Waals surface area contributed by atoms with Crippen LogP contribution in [0.3, 0.4) is 0 Å². The summed E-state index contributed by atoms with van der Waals surface area (Å²) < 4.78 is 0. The first-order valence-electron chi connectivity index (χ1n) is 4.17. The predicted molar refractivity (Wildman–Crippen MR) is 55.0 cm³/mol. The molecule has 6 heteroatoms. The van der Waals surface area contributed by atoms with Gasteiger partial charge in [-0.05, 0) is 6.08 Å². The van der Waals surface area contributed by atoms with Gasteiger partial charge in [-0.25, -0.2) is 14.8 Å². The first kappa shape index (κ1) is 9.20. The number of aromatic nitrogens is 3. The second-order valence-electron chi connectivity index (χ2n) is 2.90. The number of anilines is 1. The Hall–Kier alpha value is -2.37. The van der Waals surface area contributed by atoms with Crippen molar-refractivity contribution in [2.24, 2.45) is 0 Å². The summed E-state index contributed by atoms with van der Waals surface area (Å²) in [5, 5.41) is 9.13. The van der Waals surface area contributed by atoms with Crippen LogP contribution in [0.2, 0.25) is 0 Å². The average Bonchev–Trinajstić information content (AvgIpc) is 2.59. The maximum atomic E-state index is 10.4. The molecule has 15 heavy (non-hydrogen) atoms. The van der Waals surface area contributed by atoms with E-state index in [4.69, 9.17) is 10.8 Å². The van der Waals surface area contributed by atoms with Gasteiger partial charge < -0.3 is 15.8 Å². The number of rotatable bonds is 2. The normalized spacial score (nSPS) is 11.2. The maximum Gasteiger partial charge on any atom is 0.328 e. The Labute approximate surface area is 84.5 Å². The van der Waals surface area contributed by atoms with Crippen LogP contribution in [-0.4, -0.2) is 26.0 Å². The Bertz CT molecular complexity index is 544. The highest BCUT2D eigenvalue weighted by Gasteiger charge is 2.06. The van der Waals surface area contributed by atoms with Crippen molar-refractivity contribution in [1.82, 2.24) is 15.0 Å². The molecule has 2 aromatic rings. The molecule has 0 aliphatic rings. The lowest BCUT2D eigenvalue weighted by Gasteiger charge is -1.94. The second kappa shape index (κ2) is 3.41. The van der Waals surface area contributed by atoms with Crippen molar-refractivity contribution < 1.29 is 9.90 Å². The van der Waals surface area contributed by atoms with Crippen LogP contribution in [0.4, 0.5) is 5.82 Å². The van der Waals surface area contributed by atoms with E-state index in [1.54, 1.807) is 6.20 Å². The van der Waals surface area contributed by atoms with Crippen molar-refractivity contribution in [2.75, 3.05) is 5.73 Å². The van der Waals surface area contributed by atoms with E-state index in [9.17, 15) is 4.79 Å². The van der Waals surface area contributed by atoms with Gasteiger partial charge in [0.2, 0.25) is 0 Å². The van der Waals surface area contributed by atoms with Gasteiger partial charge in [0.1, 0.15) is 17.8 Å². The number of nitrogen functional groups attached to an aromatic ring is 1. The lowest BCUT2D eigenvalue weighted by atomic mass is 10.2. The first-order chi connectivity index (χ1) is 7.18. The molecule has 76 valence electrons. The number of fused-ring (bicyclic) bond motifs is 1. The van der Waals surface area contributed by atoms with Gasteiger partial charge in [-0.2, -0.15) is 0 Å². The molecule has 0 amide bonds. The van der Waals surface area contributed by atoms with Crippen LogP contribution in [-0.2, 0) is 4.79 Å². The van der Waals surface area contributed by atoms with E-state index in [0.717, 1.165) is 6.08 Å². The number of hydrogen-bond acceptors (Lipinski definition) is 4. The molecule has 0 saturated carbocycles. The monoisotopic (exact) mass is 204 g/mol. The highest BCUT2D eigenvalue weighted by Crippen LogP contribution is 2.21. The van der Waals surface area contributed by atoms with Gasteiger partial charge in [-0.3, -0.25) is 0 Å². The lowest BCUT2D eigenvalue weighted by Crippen LogP contribution is -1.92. The fourth-order valence-electron chi connectivity index (χ4n) is 1.30. The minimum atomic E-state index is -1.01. The predicted octanol–water partition coefficient (Wildman–Crippen LogP) is 0.638. The summed E-state index contributed by atoms with van der Waals surface area (Å²) in [6.07, 6.45) is 5.46. The van der Waals surface area contributed by atoms with E-state index in [1.165, 1.54) is 12.4 Å². The molecule has 0 aliphatic carbocycles. The number of H-pyrrole nitrogens is 1. The van der Waals surface area contributed by atoms with E-state index in [1.807, 2.05) is 0 Å². The molecule has 0 atom stereocenters. The summed E-state index contributed by atoms with van der Waals surface area (Å²) in [6.45, 7) is 0. The Morgan fingerprint density at radius 1 is 1.53 bits per heavy atom. The van der Waals surface area contributed by atoms with Crippen LogP contribution in [0.5, 0.6) is 0 Å². The average molecular weight is 204 g/mol. The third kappa shape index (κ3) is 1.64. The largest absolute Gasteiger partial charge is 0.478 e. The Morgan fingerprint density at radius 2 is 2.33 bits per heavy atom. The zero-order chi connectivity index (χ0) is 10.8. The second-order valence-corrected chi connectivity index (χ2v) is 2.90. The highest BCUT2D eigenvalue weighted by atomic mass is 16.4. The van der Waals surface area contributed by atoms with Gasteiger partial charge in [0, 0.05) is 17.8 Å². The molecule has 0 saturated heterocycles. The Morgan fingerprint density at radius 3 is 3.07 bits per heavy atom. The molecule has 0 unspecified atom stereocenters. The molecule has 0 spiro atoms. The van der Waals surface area contributed by atoms with E-state index in [-0.39, 0.29) is 0 Å². The molecule has 2 rings (SSSR count). The van der Waals surface area contributed by atoms with Gasteiger partial charge >= 0.3 is 5.97 Å². The van der Waals surface area contributed by atoms with Gasteiger partial charge in [-0.15, -0.1) is 0 Å². The third-order valence-corrected chi connectivity index (χ3v) is 1.94. The molecule has 0 aliphatic heterocycles. The van der Waals surface area contributed by atoms with Crippen molar-refractivity contribution >= 4 is 28.9 Å². The smallest absolute Gasteiger partial charge is 0.328 e. The van der Waals surface area contributed by atoms with Crippen LogP contribution in [0.1, 0.15) is 5.56 Å². The van der Waals surface area contributed by atoms with Crippen LogP contribution in [0.25, 0.3) is 17.1 Å². The van der Waals surface area contributed by atoms with Crippen LogP contribution in [0.15, 0.2) is 18.6 Å². The van der Waals surface area contributed by atoms with Crippen molar-refractivity contribution in [3.05, 3.63) is 24.2 Å². The van der Waals surface area contributed by atoms with Crippen LogP contribution in [0, 0.1) is 0 Å². The highest BCUT2D eigenvalue weighted by molar-refractivity contribution is 5.96. The Balaban J connectivity index is 2.57. The van der Waals surface area contributed by atoms with Crippen LogP contribution >= 0.6 is 0 Å². The number of nitrogens with two attached hydrogens (primary N) is 1. The number of carbonyl (C=O) groups is 1. The van der Waals surface area contributed by atoms with Crippen LogP contribution < -0.4 is 5.73 Å². The van der Waals surface area contributed by atoms with E-state index < -0.39 is 5.97 Å². The van der Waals surface area contributed by atoms with Gasteiger partial charge in [0.05, 0.1) is 5.39 Å². The molecule has 0 radical (unpaired) electrons. The van der Waals surface area contributed by atoms with Crippen molar-refractivity contribution in [1.29, 1.82) is 0 Å². The van der Waals surface area contributed by atoms with Gasteiger partial charge in [-0.1, -0.05) is 0 Å². The Kier molecular flexibility index (Phi) is 2.09. The zero-order valence-corrected chi connectivity index (χ0v) is 7.64. The number of nitrogens with zero attached hydrogens (tertiary/aromatic N) is 2. The summed E-state index contributed by atoms with van der Waals surface area (Å²) in [6, 6.07) is 0. The summed E-state index contributed by atoms with van der Waals surface area (Å²) in [4.78, 5) is 21.0. The minimum absolute atomic E-state index is 0.325. The van der Waals surface area contributed by atoms with E-state index >= 15 is 0 Å². The quantitative estimate of drug-likeness (QED) is 0.622.